The van der Waals surface area contributed by atoms with Crippen molar-refractivity contribution in [3.05, 3.63) is 10.1 Å². The Morgan fingerprint density at radius 2 is 0.832 bits per heavy atom. The van der Waals surface area contributed by atoms with Crippen LogP contribution in [-0.2, 0) is 81.6 Å². The van der Waals surface area contributed by atoms with Gasteiger partial charge in [0.15, 0.2) is 0 Å². The van der Waals surface area contributed by atoms with Crippen LogP contribution in [0.5, 0.6) is 0 Å². The van der Waals surface area contributed by atoms with Crippen LogP contribution in [0.4, 0.5) is 9.59 Å². The molecule has 33 nitrogen and oxygen atoms in total. The molecule has 0 saturated carbocycles. The number of amides is 3. The molecule has 0 aromatic rings. The van der Waals surface area contributed by atoms with Gasteiger partial charge >= 0.3 is 48.1 Å². The van der Waals surface area contributed by atoms with E-state index in [9.17, 15) is 71.3 Å². The van der Waals surface area contributed by atoms with Crippen molar-refractivity contribution in [3.63, 3.8) is 0 Å². The minimum absolute atomic E-state index is 0.0225. The average Bonchev–Trinajstić information content (AvgIpc) is 1.89. The van der Waals surface area contributed by atoms with Crippen molar-refractivity contribution in [1.82, 2.24) is 20.7 Å². The van der Waals surface area contributed by atoms with Crippen molar-refractivity contribution in [2.75, 3.05) is 45.8 Å². The van der Waals surface area contributed by atoms with E-state index in [0.29, 0.717) is 106 Å². The molecule has 1 unspecified atom stereocenters. The lowest BCUT2D eigenvalue weighted by Gasteiger charge is -2.23. The van der Waals surface area contributed by atoms with Crippen LogP contribution in [0.15, 0.2) is 0 Å². The maximum absolute atomic E-state index is 11.7. The Morgan fingerprint density at radius 1 is 0.496 bits per heavy atom. The molecule has 1 aliphatic rings. The minimum atomic E-state index is -3.28. The zero-order valence-corrected chi connectivity index (χ0v) is 80.8. The van der Waals surface area contributed by atoms with Gasteiger partial charge in [0.25, 0.3) is 0 Å². The number of carboxylic acid groups (broad SMARTS) is 1. The number of aliphatic hydroxyl groups excluding tert-OH is 1. The van der Waals surface area contributed by atoms with E-state index in [2.05, 4.69) is 87.7 Å². The molecular formula is C85H174N10O23S. The Bertz CT molecular complexity index is 2820. The van der Waals surface area contributed by atoms with Gasteiger partial charge in [-0.25, -0.2) is 37.1 Å². The maximum Gasteiger partial charge on any atom is 0.408 e. The van der Waals surface area contributed by atoms with Crippen LogP contribution >= 0.6 is 0 Å². The van der Waals surface area contributed by atoms with Gasteiger partial charge < -0.3 is 83.3 Å². The molecule has 3 amide bonds. The average molecular weight is 1740 g/mol. The van der Waals surface area contributed by atoms with Crippen LogP contribution in [0.25, 0.3) is 0 Å². The number of cyclic esters (lactones) is 1. The lowest BCUT2D eigenvalue weighted by molar-refractivity contribution is -0.512. The number of ketones is 3. The van der Waals surface area contributed by atoms with Crippen LogP contribution in [0, 0.1) is 75.2 Å². The number of nitrogens with one attached hydrogen (secondary N) is 4. The molecule has 1 fully saturated rings. The number of ether oxygens (including phenoxy) is 6. The van der Waals surface area contributed by atoms with Crippen molar-refractivity contribution in [1.29, 1.82) is 0 Å². The molecule has 0 aromatic heterocycles. The second-order valence-corrected chi connectivity index (χ2v) is 37.5. The maximum atomic E-state index is 11.7. The Balaban J connectivity index is -0.000000163. The number of carboxylic acids is 1. The van der Waals surface area contributed by atoms with Crippen LogP contribution in [0.2, 0.25) is 0 Å². The first kappa shape index (κ1) is 131. The largest absolute Gasteiger partial charge is 0.480 e. The third-order valence-corrected chi connectivity index (χ3v) is 15.8. The molecule has 1 rings (SSSR count). The quantitative estimate of drug-likeness (QED) is 0.0118. The molecule has 1 aliphatic heterocycles. The Morgan fingerprint density at radius 3 is 1.10 bits per heavy atom. The van der Waals surface area contributed by atoms with Crippen LogP contribution in [-0.4, -0.2) is 200 Å². The number of alkyl carbamates (subject to hydrolysis) is 2. The number of hydrogen-bond donors (Lipinski definition) is 11. The Labute approximate surface area is 718 Å². The van der Waals surface area contributed by atoms with Gasteiger partial charge in [0.2, 0.25) is 15.9 Å². The molecule has 16 N–H and O–H groups in total. The number of esters is 4. The van der Waals surface area contributed by atoms with E-state index in [1.165, 1.54) is 20.8 Å². The first-order valence-electron chi connectivity index (χ1n) is 42.2. The predicted molar refractivity (Wildman–Crippen MR) is 472 cm³/mol. The van der Waals surface area contributed by atoms with Gasteiger partial charge in [0.1, 0.15) is 46.7 Å². The number of nitro groups is 1. The molecular weight excluding hydrogens is 1560 g/mol. The summed E-state index contributed by atoms with van der Waals surface area (Å²) in [6.45, 7) is 64.4. The summed E-state index contributed by atoms with van der Waals surface area (Å²) in [7, 11) is -3.28. The number of carbonyl (C=O) groups is 11. The fraction of sp³-hybridized carbons (Fsp3) is 0.871. The number of hydrogen-bond acceptors (Lipinski definition) is 27. The number of nitrogens with zero attached hydrogens (tertiary/aromatic N) is 1. The van der Waals surface area contributed by atoms with E-state index in [0.717, 1.165) is 44.3 Å². The second kappa shape index (κ2) is 74.1. The van der Waals surface area contributed by atoms with Gasteiger partial charge in [-0.05, 0) is 206 Å². The van der Waals surface area contributed by atoms with E-state index in [4.69, 9.17) is 62.6 Å². The van der Waals surface area contributed by atoms with E-state index < -0.39 is 92.5 Å². The predicted octanol–water partition coefficient (Wildman–Crippen LogP) is 11.9. The molecule has 0 spiro atoms. The lowest BCUT2D eigenvalue weighted by atomic mass is 9.97. The standard InChI is InChI=1S/C13H25NO4.C11H21NO4.C8H18N2O2.C8H15NO4.C8H17NO3S.C8H17NO2.C8H14O2.2C7H15NO.C7H17N/c1-7-17-11(15)10(8-9(2)3)14-12(16)18-13(4,5)6;1-7(2)6-8(9(13)14)12-10(15)16-11(3,4)5;1-6(2)5-7(9)8(12)10-3-4-11;1-4-13-8(10)7(9(11)12)5-6(2)3;1-6(2)5-8(7(3)10)9-13(4,11)12;1-4-11-8(10)7(9)5-6(2)3;1-6(2)3-7-4-8(9)10-5-7;2*1-5(2)4-7(8)6(3)9;1-4-7(8)5-6(2)3/h9-10H,7-8H2,1-6H3,(H,14,16);7-8H,6H2,1-5H3,(H,12,15)(H,13,14);6-7,11H,3-5,9H2,1-2H3,(H,10,12);6-7H,4-5H2,1-3H3;6,8-9H,5H2,1-4H3;6-7H,4-5,9H2,1-3H3;6-7H,3-5H2,1-2H3;2*5,7H,4,8H2,1-3H3;6-7H,4-5,8H2,1-3H3/t10-;8-;2*7-;8-;7-;;3*7-/m111111.110/s1. The van der Waals surface area contributed by atoms with Gasteiger partial charge in [-0.15, -0.1) is 0 Å². The minimum Gasteiger partial charge on any atom is -0.480 e. The fourth-order valence-electron chi connectivity index (χ4n) is 9.78. The summed E-state index contributed by atoms with van der Waals surface area (Å²) >= 11 is 0. The van der Waals surface area contributed by atoms with E-state index >= 15 is 0 Å². The summed E-state index contributed by atoms with van der Waals surface area (Å²) in [5.41, 5.74) is 26.5. The summed E-state index contributed by atoms with van der Waals surface area (Å²) < 4.78 is 53.2. The highest BCUT2D eigenvalue weighted by Gasteiger charge is 2.33. The van der Waals surface area contributed by atoms with E-state index in [1.54, 1.807) is 62.3 Å². The highest BCUT2D eigenvalue weighted by Crippen LogP contribution is 2.22. The molecule has 0 aromatic carbocycles. The molecule has 0 aliphatic carbocycles. The zero-order valence-electron chi connectivity index (χ0n) is 80.0. The molecule has 1 heterocycles. The highest BCUT2D eigenvalue weighted by atomic mass is 32.2. The molecule has 708 valence electrons. The van der Waals surface area contributed by atoms with E-state index in [-0.39, 0.29) is 91.2 Å². The SMILES string of the molecule is CC(=O)[C@@H](CC(C)C)NS(C)(=O)=O.CC(=O)[C@H](N)CC(C)C.CC(=O)[C@H](N)CC(C)C.CC(C)CC1COC(=O)C1.CC(C)C[C@@H](N)C(=O)NCCO.CC(C)C[C@@H](NC(=O)OC(C)(C)C)C(=O)O.CCOC(=O)[C@@H](CC(C)C)NC(=O)OC(C)(C)C.CCOC(=O)[C@@H](CC(C)C)[N+](=O)[O-].CCOC(=O)[C@H](N)CC(C)C.CC[C@H](N)CC(C)C. The van der Waals surface area contributed by atoms with Gasteiger partial charge in [-0.1, -0.05) is 145 Å². The summed E-state index contributed by atoms with van der Waals surface area (Å²) in [6.07, 6.45) is 8.45. The second-order valence-electron chi connectivity index (χ2n) is 35.7. The molecule has 0 bridgehead atoms. The van der Waals surface area contributed by atoms with Crippen molar-refractivity contribution >= 4 is 75.3 Å². The van der Waals surface area contributed by atoms with Crippen molar-refractivity contribution in [2.24, 2.45) is 93.8 Å². The third kappa shape index (κ3) is 98.4. The zero-order chi connectivity index (χ0) is 95.8. The monoisotopic (exact) mass is 1740 g/mol. The summed E-state index contributed by atoms with van der Waals surface area (Å²) in [5.74, 6) is 2.03. The van der Waals surface area contributed by atoms with Gasteiger partial charge in [-0.2, -0.15) is 0 Å². The Hall–Kier alpha value is -6.56. The normalized spacial score (nSPS) is 14.5. The fourth-order valence-corrected chi connectivity index (χ4v) is 10.6. The van der Waals surface area contributed by atoms with Crippen LogP contribution < -0.4 is 49.3 Å². The topological polar surface area (TPSA) is 539 Å². The number of Topliss-reactive ketones (excluding diaryl/α,β-unsaturated/α-hetero) is 3. The van der Waals surface area contributed by atoms with Crippen LogP contribution in [0.3, 0.4) is 0 Å². The Kier molecular flexibility index (Phi) is 81.3. The lowest BCUT2D eigenvalue weighted by Crippen LogP contribution is -2.44. The number of aliphatic carboxylic acids is 1. The first-order valence-corrected chi connectivity index (χ1v) is 44.1. The smallest absolute Gasteiger partial charge is 0.408 e. The number of carbonyl (C=O) groups excluding carboxylic acids is 10. The molecule has 119 heavy (non-hydrogen) atoms. The third-order valence-electron chi connectivity index (χ3n) is 15.0. The van der Waals surface area contributed by atoms with E-state index in [1.807, 2.05) is 83.1 Å². The summed E-state index contributed by atoms with van der Waals surface area (Å²) in [5, 5.41) is 35.2. The van der Waals surface area contributed by atoms with Crippen LogP contribution in [0.1, 0.15) is 306 Å². The number of nitrogens with two attached hydrogens (primary N) is 5. The molecule has 1 saturated heterocycles. The van der Waals surface area contributed by atoms with Gasteiger partial charge in [-0.3, -0.25) is 38.9 Å². The number of sulfonamides is 1. The first-order chi connectivity index (χ1) is 54.0. The molecule has 10 atom stereocenters. The summed E-state index contributed by atoms with van der Waals surface area (Å²) in [4.78, 5) is 131. The summed E-state index contributed by atoms with van der Waals surface area (Å²) in [6, 6.07) is -4.29. The van der Waals surface area contributed by atoms with Gasteiger partial charge in [0.05, 0.1) is 69.9 Å². The van der Waals surface area contributed by atoms with Gasteiger partial charge in [0, 0.05) is 29.8 Å². The molecule has 0 radical (unpaired) electrons. The van der Waals surface area contributed by atoms with Crippen molar-refractivity contribution in [3.8, 4) is 0 Å². The van der Waals surface area contributed by atoms with Crippen molar-refractivity contribution in [2.45, 2.75) is 371 Å². The highest BCUT2D eigenvalue weighted by molar-refractivity contribution is 7.88. The molecule has 34 heteroatoms. The number of aliphatic hydroxyl groups is 1. The van der Waals surface area contributed by atoms with Crippen molar-refractivity contribution < 1.29 is 105 Å². The number of rotatable bonds is 39.